The number of ether oxygens (including phenoxy) is 2. The summed E-state index contributed by atoms with van der Waals surface area (Å²) in [5.74, 6) is 1.91. The smallest absolute Gasteiger partial charge is 0.277 e. The van der Waals surface area contributed by atoms with Crippen LogP contribution in [0.25, 0.3) is 11.5 Å². The first-order valence-electron chi connectivity index (χ1n) is 8.86. The van der Waals surface area contributed by atoms with Crippen LogP contribution in [0.1, 0.15) is 5.56 Å². The molecule has 0 saturated heterocycles. The lowest BCUT2D eigenvalue weighted by Gasteiger charge is -2.26. The fraction of sp³-hybridized carbons (Fsp3) is 0.250. The van der Waals surface area contributed by atoms with Gasteiger partial charge in [-0.05, 0) is 30.7 Å². The van der Waals surface area contributed by atoms with E-state index in [2.05, 4.69) is 15.5 Å². The van der Waals surface area contributed by atoms with Gasteiger partial charge in [-0.25, -0.2) is 0 Å². The molecular weight excluding hydrogens is 378 g/mol. The van der Waals surface area contributed by atoms with Gasteiger partial charge in [0.2, 0.25) is 11.8 Å². The second-order valence-electron chi connectivity index (χ2n) is 6.28. The number of nitrogens with one attached hydrogen (secondary N) is 1. The van der Waals surface area contributed by atoms with Gasteiger partial charge in [-0.2, -0.15) is 0 Å². The van der Waals surface area contributed by atoms with E-state index in [1.54, 1.807) is 0 Å². The van der Waals surface area contributed by atoms with Gasteiger partial charge in [0.15, 0.2) is 11.5 Å². The van der Waals surface area contributed by atoms with Gasteiger partial charge in [-0.15, -0.1) is 10.2 Å². The molecule has 1 amide bonds. The van der Waals surface area contributed by atoms with Crippen LogP contribution in [0.5, 0.6) is 11.5 Å². The normalized spacial score (nSPS) is 15.2. The van der Waals surface area contributed by atoms with Crippen molar-refractivity contribution in [2.45, 2.75) is 18.3 Å². The highest BCUT2D eigenvalue weighted by molar-refractivity contribution is 7.99. The van der Waals surface area contributed by atoms with Gasteiger partial charge in [-0.1, -0.05) is 42.1 Å². The van der Waals surface area contributed by atoms with E-state index in [0.717, 1.165) is 16.9 Å². The maximum absolute atomic E-state index is 12.1. The van der Waals surface area contributed by atoms with Crippen molar-refractivity contribution in [1.29, 1.82) is 0 Å². The highest BCUT2D eigenvalue weighted by Gasteiger charge is 2.21. The first-order chi connectivity index (χ1) is 13.7. The molecule has 4 rings (SSSR count). The summed E-state index contributed by atoms with van der Waals surface area (Å²) in [5.41, 5.74) is 1.94. The van der Waals surface area contributed by atoms with Crippen molar-refractivity contribution in [3.63, 3.8) is 0 Å². The lowest BCUT2D eigenvalue weighted by atomic mass is 10.1. The van der Waals surface area contributed by atoms with Crippen LogP contribution in [0.15, 0.2) is 58.2 Å². The first-order valence-corrected chi connectivity index (χ1v) is 9.85. The highest BCUT2D eigenvalue weighted by Crippen LogP contribution is 2.30. The lowest BCUT2D eigenvalue weighted by molar-refractivity contribution is -0.119. The minimum atomic E-state index is -0.222. The molecule has 8 heteroatoms. The molecule has 2 heterocycles. The molecule has 0 aliphatic carbocycles. The Kier molecular flexibility index (Phi) is 5.48. The Morgan fingerprint density at radius 3 is 2.79 bits per heavy atom. The Balaban J connectivity index is 1.25. The zero-order valence-electron chi connectivity index (χ0n) is 15.3. The van der Waals surface area contributed by atoms with Gasteiger partial charge >= 0.3 is 0 Å². The third-order valence-electron chi connectivity index (χ3n) is 4.20. The quantitative estimate of drug-likeness (QED) is 0.640. The second kappa shape index (κ2) is 8.35. The summed E-state index contributed by atoms with van der Waals surface area (Å²) in [7, 11) is 0. The van der Waals surface area contributed by atoms with Crippen LogP contribution in [-0.4, -0.2) is 41.1 Å². The fourth-order valence-corrected chi connectivity index (χ4v) is 3.35. The number of benzene rings is 2. The molecule has 1 aliphatic heterocycles. The van der Waals surface area contributed by atoms with Crippen LogP contribution in [-0.2, 0) is 4.79 Å². The van der Waals surface area contributed by atoms with E-state index in [-0.39, 0.29) is 17.8 Å². The summed E-state index contributed by atoms with van der Waals surface area (Å²) >= 11 is 1.20. The van der Waals surface area contributed by atoms with Gasteiger partial charge < -0.3 is 19.2 Å². The van der Waals surface area contributed by atoms with Crippen LogP contribution in [0.4, 0.5) is 0 Å². The summed E-state index contributed by atoms with van der Waals surface area (Å²) in [6, 6.07) is 15.3. The van der Waals surface area contributed by atoms with Crippen LogP contribution >= 0.6 is 11.8 Å². The zero-order chi connectivity index (χ0) is 19.3. The van der Waals surface area contributed by atoms with Crippen molar-refractivity contribution < 1.29 is 18.7 Å². The maximum atomic E-state index is 12.1. The Hall–Kier alpha value is -3.00. The number of para-hydroxylation sites is 2. The monoisotopic (exact) mass is 397 g/mol. The number of aryl methyl sites for hydroxylation is 1. The summed E-state index contributed by atoms with van der Waals surface area (Å²) < 4.78 is 17.1. The molecule has 1 aliphatic rings. The number of aromatic nitrogens is 2. The highest BCUT2D eigenvalue weighted by atomic mass is 32.2. The van der Waals surface area contributed by atoms with Crippen LogP contribution in [0.3, 0.4) is 0 Å². The third kappa shape index (κ3) is 4.28. The van der Waals surface area contributed by atoms with Crippen LogP contribution in [0.2, 0.25) is 0 Å². The molecule has 0 fully saturated rings. The van der Waals surface area contributed by atoms with Gasteiger partial charge in [0, 0.05) is 5.56 Å². The van der Waals surface area contributed by atoms with Gasteiger partial charge in [0.1, 0.15) is 12.7 Å². The van der Waals surface area contributed by atoms with Crippen molar-refractivity contribution in [2.24, 2.45) is 0 Å². The molecule has 3 aromatic rings. The summed E-state index contributed by atoms with van der Waals surface area (Å²) in [6.07, 6.45) is -0.222. The molecule has 1 atom stereocenters. The Labute approximate surface area is 166 Å². The van der Waals surface area contributed by atoms with Crippen LogP contribution < -0.4 is 14.8 Å². The molecular formula is C20H19N3O4S. The molecule has 1 unspecified atom stereocenters. The van der Waals surface area contributed by atoms with E-state index in [9.17, 15) is 4.79 Å². The van der Waals surface area contributed by atoms with Crippen molar-refractivity contribution in [2.75, 3.05) is 18.9 Å². The van der Waals surface area contributed by atoms with Crippen molar-refractivity contribution in [3.8, 4) is 23.0 Å². The molecule has 7 nitrogen and oxygen atoms in total. The van der Waals surface area contributed by atoms with Gasteiger partial charge in [0.05, 0.1) is 12.3 Å². The maximum Gasteiger partial charge on any atom is 0.277 e. The van der Waals surface area contributed by atoms with Crippen molar-refractivity contribution in [3.05, 3.63) is 54.1 Å². The lowest BCUT2D eigenvalue weighted by Crippen LogP contribution is -2.41. The molecule has 0 saturated carbocycles. The number of amides is 1. The molecule has 1 aromatic heterocycles. The number of rotatable bonds is 6. The van der Waals surface area contributed by atoms with E-state index >= 15 is 0 Å². The minimum Gasteiger partial charge on any atom is -0.486 e. The van der Waals surface area contributed by atoms with Gasteiger partial charge in [-0.3, -0.25) is 4.79 Å². The number of carbonyl (C=O) groups excluding carboxylic acids is 1. The summed E-state index contributed by atoms with van der Waals surface area (Å²) in [5, 5.41) is 11.3. The molecule has 0 radical (unpaired) electrons. The predicted molar refractivity (Wildman–Crippen MR) is 105 cm³/mol. The molecule has 28 heavy (non-hydrogen) atoms. The molecule has 2 aromatic carbocycles. The number of thioether (sulfide) groups is 1. The minimum absolute atomic E-state index is 0.136. The third-order valence-corrected chi connectivity index (χ3v) is 5.02. The average Bonchev–Trinajstić information content (AvgIpc) is 3.19. The van der Waals surface area contributed by atoms with Crippen molar-refractivity contribution >= 4 is 17.7 Å². The molecule has 1 N–H and O–H groups in total. The van der Waals surface area contributed by atoms with Crippen LogP contribution in [0, 0.1) is 6.92 Å². The second-order valence-corrected chi connectivity index (χ2v) is 7.20. The topological polar surface area (TPSA) is 86.5 Å². The number of hydrogen-bond acceptors (Lipinski definition) is 7. The Morgan fingerprint density at radius 2 is 1.93 bits per heavy atom. The van der Waals surface area contributed by atoms with Gasteiger partial charge in [0.25, 0.3) is 5.22 Å². The zero-order valence-corrected chi connectivity index (χ0v) is 16.1. The number of nitrogens with zero attached hydrogens (tertiary/aromatic N) is 2. The Bertz CT molecular complexity index is 975. The van der Waals surface area contributed by atoms with E-state index < -0.39 is 0 Å². The van der Waals surface area contributed by atoms with E-state index in [1.807, 2.05) is 55.5 Å². The summed E-state index contributed by atoms with van der Waals surface area (Å²) in [4.78, 5) is 12.1. The SMILES string of the molecule is Cc1ccccc1-c1nnc(SCC(=O)NCC2COc3ccccc3O2)o1. The fourth-order valence-electron chi connectivity index (χ4n) is 2.76. The van der Waals surface area contributed by atoms with E-state index in [4.69, 9.17) is 13.9 Å². The summed E-state index contributed by atoms with van der Waals surface area (Å²) in [6.45, 7) is 2.75. The van der Waals surface area contributed by atoms with E-state index in [0.29, 0.717) is 30.0 Å². The molecule has 144 valence electrons. The standard InChI is InChI=1S/C20H19N3O4S/c1-13-6-2-3-7-15(13)19-22-23-20(27-19)28-12-18(24)21-10-14-11-25-16-8-4-5-9-17(16)26-14/h2-9,14H,10-12H2,1H3,(H,21,24). The largest absolute Gasteiger partial charge is 0.486 e. The molecule has 0 bridgehead atoms. The number of fused-ring (bicyclic) bond motifs is 1. The van der Waals surface area contributed by atoms with E-state index in [1.165, 1.54) is 11.8 Å². The molecule has 0 spiro atoms. The Morgan fingerprint density at radius 1 is 1.14 bits per heavy atom. The number of carbonyl (C=O) groups is 1. The van der Waals surface area contributed by atoms with Crippen molar-refractivity contribution in [1.82, 2.24) is 15.5 Å². The predicted octanol–water partition coefficient (Wildman–Crippen LogP) is 3.09. The first kappa shape index (κ1) is 18.4. The number of hydrogen-bond donors (Lipinski definition) is 1. The average molecular weight is 397 g/mol.